The lowest BCUT2D eigenvalue weighted by Gasteiger charge is -2.10. The fraction of sp³-hybridized carbons (Fsp3) is 0.0435. The Morgan fingerprint density at radius 2 is 1.68 bits per heavy atom. The molecule has 11 heteroatoms. The fourth-order valence-corrected chi connectivity index (χ4v) is 2.93. The van der Waals surface area contributed by atoms with E-state index in [4.69, 9.17) is 11.6 Å². The molecule has 0 saturated carbocycles. The smallest absolute Gasteiger partial charge is 0.406 e. The van der Waals surface area contributed by atoms with Crippen LogP contribution in [-0.4, -0.2) is 27.5 Å². The average molecular weight is 485 g/mol. The summed E-state index contributed by atoms with van der Waals surface area (Å²) in [6, 6.07) is 19.9. The molecule has 4 aromatic rings. The van der Waals surface area contributed by atoms with E-state index in [2.05, 4.69) is 35.5 Å². The highest BCUT2D eigenvalue weighted by Crippen LogP contribution is 2.24. The van der Waals surface area contributed by atoms with Gasteiger partial charge < -0.3 is 10.1 Å². The van der Waals surface area contributed by atoms with Crippen molar-refractivity contribution in [2.75, 3.05) is 10.7 Å². The van der Waals surface area contributed by atoms with E-state index in [1.165, 1.54) is 36.7 Å². The highest BCUT2D eigenvalue weighted by Gasteiger charge is 2.30. The summed E-state index contributed by atoms with van der Waals surface area (Å²) in [4.78, 5) is 13.1. The number of hydrazone groups is 1. The maximum Gasteiger partial charge on any atom is 0.573 e. The van der Waals surface area contributed by atoms with Crippen molar-refractivity contribution in [2.24, 2.45) is 5.10 Å². The first-order valence-electron chi connectivity index (χ1n) is 9.82. The molecule has 0 aliphatic heterocycles. The van der Waals surface area contributed by atoms with E-state index in [0.717, 1.165) is 5.56 Å². The van der Waals surface area contributed by atoms with Crippen molar-refractivity contribution in [2.45, 2.75) is 6.36 Å². The molecule has 0 radical (unpaired) electrons. The molecule has 2 aromatic carbocycles. The molecule has 2 heterocycles. The number of ether oxygens (including phenoxy) is 1. The minimum absolute atomic E-state index is 0.200. The van der Waals surface area contributed by atoms with Crippen molar-refractivity contribution in [1.82, 2.24) is 15.0 Å². The van der Waals surface area contributed by atoms with Crippen LogP contribution in [0, 0.1) is 0 Å². The third kappa shape index (κ3) is 6.66. The molecule has 0 atom stereocenters. The highest BCUT2D eigenvalue weighted by molar-refractivity contribution is 6.30. The number of alkyl halides is 3. The van der Waals surface area contributed by atoms with Crippen LogP contribution in [0.2, 0.25) is 5.02 Å². The number of hydrogen-bond donors (Lipinski definition) is 2. The fourth-order valence-electron chi connectivity index (χ4n) is 2.82. The van der Waals surface area contributed by atoms with E-state index < -0.39 is 6.36 Å². The summed E-state index contributed by atoms with van der Waals surface area (Å²) < 4.78 is 40.7. The number of nitrogens with one attached hydrogen (secondary N) is 2. The van der Waals surface area contributed by atoms with Crippen molar-refractivity contribution in [3.05, 3.63) is 89.6 Å². The van der Waals surface area contributed by atoms with Crippen LogP contribution in [0.4, 0.5) is 30.8 Å². The molecule has 0 spiro atoms. The third-order valence-corrected chi connectivity index (χ3v) is 4.49. The Hall–Kier alpha value is -4.18. The first-order valence-corrected chi connectivity index (χ1v) is 10.2. The van der Waals surface area contributed by atoms with Gasteiger partial charge in [0, 0.05) is 17.8 Å². The van der Waals surface area contributed by atoms with Gasteiger partial charge in [-0.05, 0) is 42.0 Å². The van der Waals surface area contributed by atoms with Crippen LogP contribution in [0.15, 0.2) is 84.1 Å². The summed E-state index contributed by atoms with van der Waals surface area (Å²) in [5, 5.41) is 7.69. The van der Waals surface area contributed by atoms with Crippen LogP contribution in [-0.2, 0) is 0 Å². The van der Waals surface area contributed by atoms with Gasteiger partial charge in [-0.25, -0.2) is 15.4 Å². The average Bonchev–Trinajstić information content (AvgIpc) is 2.81. The number of aromatic nitrogens is 3. The van der Waals surface area contributed by atoms with E-state index in [-0.39, 0.29) is 11.7 Å². The minimum Gasteiger partial charge on any atom is -0.406 e. The monoisotopic (exact) mass is 484 g/mol. The molecular weight excluding hydrogens is 469 g/mol. The number of hydrogen-bond acceptors (Lipinski definition) is 7. The normalized spacial score (nSPS) is 11.4. The van der Waals surface area contributed by atoms with Gasteiger partial charge in [-0.3, -0.25) is 0 Å². The number of benzene rings is 2. The van der Waals surface area contributed by atoms with Crippen LogP contribution in [0.5, 0.6) is 5.75 Å². The largest absolute Gasteiger partial charge is 0.573 e. The van der Waals surface area contributed by atoms with Crippen molar-refractivity contribution in [3.63, 3.8) is 0 Å². The summed E-state index contributed by atoms with van der Waals surface area (Å²) in [5.74, 6) is 0.891. The predicted octanol–water partition coefficient (Wildman–Crippen LogP) is 6.28. The molecule has 0 bridgehead atoms. The lowest BCUT2D eigenvalue weighted by Crippen LogP contribution is -2.17. The molecule has 0 aliphatic rings. The van der Waals surface area contributed by atoms with Crippen LogP contribution >= 0.6 is 11.6 Å². The van der Waals surface area contributed by atoms with E-state index in [1.807, 2.05) is 30.3 Å². The number of pyridine rings is 1. The predicted molar refractivity (Wildman–Crippen MR) is 124 cm³/mol. The SMILES string of the molecule is FC(F)(F)Oc1ccc(/C=N\Nc2nc(Nc3ccc(Cl)cn3)cc(-c3ccccc3)n2)cc1. The van der Waals surface area contributed by atoms with E-state index >= 15 is 0 Å². The van der Waals surface area contributed by atoms with Gasteiger partial charge in [-0.1, -0.05) is 41.9 Å². The molecule has 0 aliphatic carbocycles. The molecule has 2 aromatic heterocycles. The Kier molecular flexibility index (Phi) is 6.88. The molecule has 0 unspecified atom stereocenters. The van der Waals surface area contributed by atoms with Crippen molar-refractivity contribution in [1.29, 1.82) is 0 Å². The van der Waals surface area contributed by atoms with Gasteiger partial charge in [0.1, 0.15) is 17.4 Å². The Morgan fingerprint density at radius 3 is 2.35 bits per heavy atom. The van der Waals surface area contributed by atoms with Gasteiger partial charge in [0.05, 0.1) is 16.9 Å². The molecule has 0 fully saturated rings. The zero-order chi connectivity index (χ0) is 24.0. The molecule has 34 heavy (non-hydrogen) atoms. The number of rotatable bonds is 7. The summed E-state index contributed by atoms with van der Waals surface area (Å²) in [5.41, 5.74) is 4.79. The van der Waals surface area contributed by atoms with Gasteiger partial charge in [-0.2, -0.15) is 10.1 Å². The second-order valence-corrected chi connectivity index (χ2v) is 7.24. The zero-order valence-corrected chi connectivity index (χ0v) is 18.0. The summed E-state index contributed by atoms with van der Waals surface area (Å²) in [7, 11) is 0. The lowest BCUT2D eigenvalue weighted by molar-refractivity contribution is -0.274. The first kappa shape index (κ1) is 23.0. The van der Waals surface area contributed by atoms with Crippen LogP contribution in [0.1, 0.15) is 5.56 Å². The number of halogens is 4. The van der Waals surface area contributed by atoms with Gasteiger partial charge in [0.15, 0.2) is 0 Å². The molecule has 0 saturated heterocycles. The van der Waals surface area contributed by atoms with E-state index in [0.29, 0.717) is 27.9 Å². The van der Waals surface area contributed by atoms with Crippen molar-refractivity contribution in [3.8, 4) is 17.0 Å². The standard InChI is InChI=1S/C23H16ClF3N6O/c24-17-8-11-20(28-14-17)31-21-12-19(16-4-2-1-3-5-16)30-22(32-21)33-29-13-15-6-9-18(10-7-15)34-23(25,26)27/h1-14H,(H2,28,30,31,32,33)/b29-13-. The van der Waals surface area contributed by atoms with E-state index in [9.17, 15) is 13.2 Å². The number of anilines is 3. The Morgan fingerprint density at radius 1 is 0.912 bits per heavy atom. The molecule has 172 valence electrons. The first-order chi connectivity index (χ1) is 16.3. The Bertz CT molecular complexity index is 1270. The second kappa shape index (κ2) is 10.2. The maximum atomic E-state index is 12.3. The van der Waals surface area contributed by atoms with Gasteiger partial charge >= 0.3 is 6.36 Å². The topological polar surface area (TPSA) is 84.3 Å². The molecule has 0 amide bonds. The molecule has 7 nitrogen and oxygen atoms in total. The highest BCUT2D eigenvalue weighted by atomic mass is 35.5. The molecule has 4 rings (SSSR count). The second-order valence-electron chi connectivity index (χ2n) is 6.80. The minimum atomic E-state index is -4.74. The third-order valence-electron chi connectivity index (χ3n) is 4.27. The van der Waals surface area contributed by atoms with Crippen molar-refractivity contribution < 1.29 is 17.9 Å². The number of nitrogens with zero attached hydrogens (tertiary/aromatic N) is 4. The van der Waals surface area contributed by atoms with Gasteiger partial charge in [0.2, 0.25) is 5.95 Å². The zero-order valence-electron chi connectivity index (χ0n) is 17.3. The quantitative estimate of drug-likeness (QED) is 0.237. The van der Waals surface area contributed by atoms with Gasteiger partial charge in [-0.15, -0.1) is 13.2 Å². The van der Waals surface area contributed by atoms with Crippen LogP contribution in [0.3, 0.4) is 0 Å². The maximum absolute atomic E-state index is 12.3. The summed E-state index contributed by atoms with van der Waals surface area (Å²) in [6.45, 7) is 0. The van der Waals surface area contributed by atoms with Crippen molar-refractivity contribution >= 4 is 35.4 Å². The Balaban J connectivity index is 1.53. The molecule has 2 N–H and O–H groups in total. The summed E-state index contributed by atoms with van der Waals surface area (Å²) >= 11 is 5.89. The van der Waals surface area contributed by atoms with Crippen LogP contribution < -0.4 is 15.5 Å². The molecular formula is C23H16ClF3N6O. The lowest BCUT2D eigenvalue weighted by atomic mass is 10.1. The Labute approximate surface area is 197 Å². The van der Waals surface area contributed by atoms with Gasteiger partial charge in [0.25, 0.3) is 0 Å². The van der Waals surface area contributed by atoms with Crippen LogP contribution in [0.25, 0.3) is 11.3 Å². The summed E-state index contributed by atoms with van der Waals surface area (Å²) in [6.07, 6.45) is -1.81. The van der Waals surface area contributed by atoms with E-state index in [1.54, 1.807) is 18.2 Å².